The third kappa shape index (κ3) is 5.10. The molecule has 2 rings (SSSR count). The maximum atomic E-state index is 11.7. The van der Waals surface area contributed by atoms with Crippen LogP contribution in [0.3, 0.4) is 0 Å². The molecular weight excluding hydrogens is 294 g/mol. The minimum absolute atomic E-state index is 0.130. The van der Waals surface area contributed by atoms with Crippen molar-refractivity contribution in [2.45, 2.75) is 32.6 Å². The summed E-state index contributed by atoms with van der Waals surface area (Å²) in [6.45, 7) is 2.45. The van der Waals surface area contributed by atoms with Crippen molar-refractivity contribution >= 4 is 22.7 Å². The van der Waals surface area contributed by atoms with Gasteiger partial charge in [0, 0.05) is 5.39 Å². The van der Waals surface area contributed by atoms with Gasteiger partial charge in [0.05, 0.1) is 6.61 Å². The minimum Gasteiger partial charge on any atom is -0.480 e. The number of esters is 1. The molecule has 0 fully saturated rings. The molecule has 0 atom stereocenters. The number of hydrogen-bond donors (Lipinski definition) is 2. The smallest absolute Gasteiger partial charge is 0.344 e. The molecule has 124 valence electrons. The molecule has 0 amide bonds. The first kappa shape index (κ1) is 17.0. The molecule has 0 aliphatic heterocycles. The maximum absolute atomic E-state index is 11.7. The molecule has 6 heteroatoms. The topological polar surface area (TPSA) is 86.5 Å². The zero-order valence-corrected chi connectivity index (χ0v) is 13.4. The number of unbranched alkanes of at least 4 members (excludes halogenated alkanes) is 3. The predicted molar refractivity (Wildman–Crippen MR) is 90.1 cm³/mol. The number of aromatic nitrogens is 1. The third-order valence-corrected chi connectivity index (χ3v) is 3.44. The predicted octanol–water partition coefficient (Wildman–Crippen LogP) is 3.02. The average Bonchev–Trinajstić information content (AvgIpc) is 2.59. The van der Waals surface area contributed by atoms with E-state index in [0.717, 1.165) is 31.1 Å². The Balaban J connectivity index is 1.90. The highest BCUT2D eigenvalue weighted by Crippen LogP contribution is 2.25. The number of anilines is 1. The molecule has 2 aromatic rings. The molecular formula is C17H23N3O3. The van der Waals surface area contributed by atoms with Crippen LogP contribution in [0.1, 0.15) is 32.6 Å². The summed E-state index contributed by atoms with van der Waals surface area (Å²) in [5.41, 5.74) is 3.15. The van der Waals surface area contributed by atoms with Gasteiger partial charge in [0.15, 0.2) is 6.61 Å². The summed E-state index contributed by atoms with van der Waals surface area (Å²) in [7, 11) is 0. The van der Waals surface area contributed by atoms with Gasteiger partial charge >= 0.3 is 5.97 Å². The highest BCUT2D eigenvalue weighted by atomic mass is 16.6. The van der Waals surface area contributed by atoms with Crippen LogP contribution in [0.5, 0.6) is 5.75 Å². The van der Waals surface area contributed by atoms with Gasteiger partial charge in [-0.05, 0) is 24.6 Å². The molecule has 0 aliphatic carbocycles. The summed E-state index contributed by atoms with van der Waals surface area (Å²) in [4.78, 5) is 16.1. The quantitative estimate of drug-likeness (QED) is 0.320. The Kier molecular flexibility index (Phi) is 6.62. The number of benzene rings is 1. The van der Waals surface area contributed by atoms with E-state index in [2.05, 4.69) is 17.3 Å². The highest BCUT2D eigenvalue weighted by Gasteiger charge is 2.08. The van der Waals surface area contributed by atoms with E-state index in [1.807, 2.05) is 18.2 Å². The number of hydrogen-bond acceptors (Lipinski definition) is 6. The number of carbonyl (C=O) groups is 1. The van der Waals surface area contributed by atoms with Crippen LogP contribution >= 0.6 is 0 Å². The second kappa shape index (κ2) is 8.95. The third-order valence-electron chi connectivity index (χ3n) is 3.44. The number of pyridine rings is 1. The van der Waals surface area contributed by atoms with Crippen molar-refractivity contribution in [3.8, 4) is 5.75 Å². The lowest BCUT2D eigenvalue weighted by Crippen LogP contribution is -2.16. The number of rotatable bonds is 9. The first-order chi connectivity index (χ1) is 11.2. The summed E-state index contributed by atoms with van der Waals surface area (Å²) in [6.07, 6.45) is 4.28. The fourth-order valence-electron chi connectivity index (χ4n) is 2.21. The van der Waals surface area contributed by atoms with Crippen molar-refractivity contribution in [3.63, 3.8) is 0 Å². The summed E-state index contributed by atoms with van der Waals surface area (Å²) < 4.78 is 10.7. The summed E-state index contributed by atoms with van der Waals surface area (Å²) in [6, 6.07) is 9.20. The van der Waals surface area contributed by atoms with Gasteiger partial charge in [0.1, 0.15) is 17.1 Å². The molecule has 1 aromatic carbocycles. The normalized spacial score (nSPS) is 10.5. The van der Waals surface area contributed by atoms with Crippen LogP contribution in [0, 0.1) is 0 Å². The Labute approximate surface area is 136 Å². The molecule has 23 heavy (non-hydrogen) atoms. The molecule has 3 N–H and O–H groups in total. The number of hydrazine groups is 1. The first-order valence-corrected chi connectivity index (χ1v) is 7.89. The standard InChI is InChI=1S/C17H23N3O3/c1-2-3-4-5-11-22-16(21)12-23-14-8-6-7-13-9-10-15(20-18)19-17(13)14/h6-10H,2-5,11-12,18H2,1H3,(H,19,20). The number of carbonyl (C=O) groups excluding carboxylic acids is 1. The highest BCUT2D eigenvalue weighted by molar-refractivity contribution is 5.86. The average molecular weight is 317 g/mol. The van der Waals surface area contributed by atoms with Gasteiger partial charge in [-0.25, -0.2) is 15.6 Å². The molecule has 0 saturated heterocycles. The lowest BCUT2D eigenvalue weighted by atomic mass is 10.2. The molecule has 0 spiro atoms. The van der Waals surface area contributed by atoms with E-state index in [1.54, 1.807) is 12.1 Å². The molecule has 0 unspecified atom stereocenters. The van der Waals surface area contributed by atoms with Crippen LogP contribution in [0.4, 0.5) is 5.82 Å². The van der Waals surface area contributed by atoms with Gasteiger partial charge in [0.2, 0.25) is 0 Å². The Hall–Kier alpha value is -2.34. The van der Waals surface area contributed by atoms with Crippen molar-refractivity contribution in [2.75, 3.05) is 18.6 Å². The van der Waals surface area contributed by atoms with E-state index >= 15 is 0 Å². The van der Waals surface area contributed by atoms with Crippen molar-refractivity contribution in [3.05, 3.63) is 30.3 Å². The van der Waals surface area contributed by atoms with E-state index in [-0.39, 0.29) is 12.6 Å². The van der Waals surface area contributed by atoms with Crippen molar-refractivity contribution in [2.24, 2.45) is 5.84 Å². The molecule has 6 nitrogen and oxygen atoms in total. The zero-order valence-electron chi connectivity index (χ0n) is 13.4. The van der Waals surface area contributed by atoms with Crippen LogP contribution in [0.15, 0.2) is 30.3 Å². The second-order valence-corrected chi connectivity index (χ2v) is 5.24. The SMILES string of the molecule is CCCCCCOC(=O)COc1cccc2ccc(NN)nc12. The number of para-hydroxylation sites is 1. The van der Waals surface area contributed by atoms with Crippen LogP contribution in [-0.2, 0) is 9.53 Å². The van der Waals surface area contributed by atoms with Crippen molar-refractivity contribution in [1.82, 2.24) is 4.98 Å². The van der Waals surface area contributed by atoms with E-state index in [1.165, 1.54) is 0 Å². The summed E-state index contributed by atoms with van der Waals surface area (Å²) in [5, 5.41) is 0.912. The Morgan fingerprint density at radius 2 is 2.09 bits per heavy atom. The van der Waals surface area contributed by atoms with Crippen molar-refractivity contribution < 1.29 is 14.3 Å². The number of nitrogen functional groups attached to an aromatic ring is 1. The fraction of sp³-hybridized carbons (Fsp3) is 0.412. The number of ether oxygens (including phenoxy) is 2. The molecule has 1 aromatic heterocycles. The lowest BCUT2D eigenvalue weighted by Gasteiger charge is -2.10. The second-order valence-electron chi connectivity index (χ2n) is 5.24. The van der Waals surface area contributed by atoms with Crippen LogP contribution in [0.2, 0.25) is 0 Å². The zero-order chi connectivity index (χ0) is 16.5. The molecule has 0 bridgehead atoms. The Morgan fingerprint density at radius 3 is 2.87 bits per heavy atom. The number of nitrogens with zero attached hydrogens (tertiary/aromatic N) is 1. The summed E-state index contributed by atoms with van der Waals surface area (Å²) in [5.74, 6) is 6.07. The Bertz CT molecular complexity index is 646. The van der Waals surface area contributed by atoms with Gasteiger partial charge in [-0.15, -0.1) is 0 Å². The van der Waals surface area contributed by atoms with Crippen LogP contribution in [-0.4, -0.2) is 24.2 Å². The van der Waals surface area contributed by atoms with Crippen LogP contribution in [0.25, 0.3) is 10.9 Å². The number of fused-ring (bicyclic) bond motifs is 1. The monoisotopic (exact) mass is 317 g/mol. The maximum Gasteiger partial charge on any atom is 0.344 e. The molecule has 0 aliphatic rings. The fourth-order valence-corrected chi connectivity index (χ4v) is 2.21. The number of nitrogens with one attached hydrogen (secondary N) is 1. The van der Waals surface area contributed by atoms with E-state index in [4.69, 9.17) is 15.3 Å². The van der Waals surface area contributed by atoms with E-state index in [9.17, 15) is 4.79 Å². The van der Waals surface area contributed by atoms with Crippen molar-refractivity contribution in [1.29, 1.82) is 0 Å². The van der Waals surface area contributed by atoms with E-state index < -0.39 is 0 Å². The Morgan fingerprint density at radius 1 is 1.22 bits per heavy atom. The van der Waals surface area contributed by atoms with Gasteiger partial charge in [-0.3, -0.25) is 0 Å². The minimum atomic E-state index is -0.369. The molecule has 0 radical (unpaired) electrons. The lowest BCUT2D eigenvalue weighted by molar-refractivity contribution is -0.146. The number of nitrogens with two attached hydrogens (primary N) is 1. The van der Waals surface area contributed by atoms with E-state index in [0.29, 0.717) is 23.7 Å². The first-order valence-electron chi connectivity index (χ1n) is 7.89. The summed E-state index contributed by atoms with van der Waals surface area (Å²) >= 11 is 0. The van der Waals surface area contributed by atoms with Gasteiger partial charge in [-0.1, -0.05) is 38.3 Å². The molecule has 0 saturated carbocycles. The molecule has 1 heterocycles. The van der Waals surface area contributed by atoms with Crippen LogP contribution < -0.4 is 16.0 Å². The largest absolute Gasteiger partial charge is 0.480 e. The van der Waals surface area contributed by atoms with Gasteiger partial charge in [0.25, 0.3) is 0 Å². The van der Waals surface area contributed by atoms with Gasteiger partial charge < -0.3 is 14.9 Å². The van der Waals surface area contributed by atoms with Gasteiger partial charge in [-0.2, -0.15) is 0 Å².